The summed E-state index contributed by atoms with van der Waals surface area (Å²) in [5.74, 6) is -7.74. The Bertz CT molecular complexity index is 1300. The minimum absolute atomic E-state index is 0.121. The molecule has 1 rings (SSSR count). The van der Waals surface area contributed by atoms with Crippen molar-refractivity contribution in [3.05, 3.63) is 0 Å². The molecule has 14 N–H and O–H groups in total. The average molecular weight is 780 g/mol. The van der Waals surface area contributed by atoms with E-state index < -0.39 is 128 Å². The van der Waals surface area contributed by atoms with Gasteiger partial charge in [-0.15, -0.1) is 0 Å². The van der Waals surface area contributed by atoms with E-state index in [1.54, 1.807) is 0 Å². The molecule has 0 aliphatic carbocycles. The zero-order valence-electron chi connectivity index (χ0n) is 30.4. The van der Waals surface area contributed by atoms with Crippen LogP contribution in [0.4, 0.5) is 0 Å². The molecule has 23 heteroatoms. The molecule has 0 aromatic heterocycles. The van der Waals surface area contributed by atoms with Gasteiger partial charge in [-0.25, -0.2) is 4.79 Å². The molecule has 1 saturated heterocycles. The number of unbranched alkanes of at least 4 members (excludes halogenated alkanes) is 1. The van der Waals surface area contributed by atoms with Crippen molar-refractivity contribution in [1.82, 2.24) is 26.6 Å². The number of carboxylic acid groups (broad SMARTS) is 2. The van der Waals surface area contributed by atoms with Crippen LogP contribution in [0.5, 0.6) is 0 Å². The maximum atomic E-state index is 12.9. The van der Waals surface area contributed by atoms with Crippen LogP contribution in [0.15, 0.2) is 0 Å². The van der Waals surface area contributed by atoms with Gasteiger partial charge >= 0.3 is 18.1 Å². The molecule has 23 nitrogen and oxygen atoms in total. The normalized spacial score (nSPS) is 22.5. The lowest BCUT2D eigenvalue weighted by Gasteiger charge is -2.42. The van der Waals surface area contributed by atoms with Crippen molar-refractivity contribution in [2.75, 3.05) is 19.7 Å². The number of amides is 5. The molecule has 5 amide bonds. The quantitative estimate of drug-likeness (QED) is 0.0456. The van der Waals surface area contributed by atoms with E-state index in [-0.39, 0.29) is 19.1 Å². The van der Waals surface area contributed by atoms with Gasteiger partial charge in [0.15, 0.2) is 6.29 Å². The number of aliphatic hydroxyl groups excluding tert-OH is 3. The third-order valence-electron chi connectivity index (χ3n) is 8.11. The first kappa shape index (κ1) is 49.4. The van der Waals surface area contributed by atoms with E-state index in [1.165, 1.54) is 27.7 Å². The summed E-state index contributed by atoms with van der Waals surface area (Å²) in [6.45, 7) is 4.58. The van der Waals surface area contributed by atoms with Gasteiger partial charge < -0.3 is 73.1 Å². The number of hydrogen-bond donors (Lipinski definition) is 12. The minimum Gasteiger partial charge on any atom is -0.480 e. The van der Waals surface area contributed by atoms with E-state index in [1.807, 2.05) is 0 Å². The number of aliphatic carboxylic acids is 2. The van der Waals surface area contributed by atoms with Crippen LogP contribution in [0.3, 0.4) is 0 Å². The van der Waals surface area contributed by atoms with Crippen LogP contribution in [-0.4, -0.2) is 154 Å². The largest absolute Gasteiger partial charge is 0.480 e. The fourth-order valence-electron chi connectivity index (χ4n) is 4.90. The Hall–Kier alpha value is -4.61. The van der Waals surface area contributed by atoms with Crippen LogP contribution >= 0.6 is 0 Å². The van der Waals surface area contributed by atoms with Crippen LogP contribution < -0.4 is 38.1 Å². The molecule has 11 atom stereocenters. The van der Waals surface area contributed by atoms with Gasteiger partial charge in [-0.3, -0.25) is 28.8 Å². The van der Waals surface area contributed by atoms with Crippen LogP contribution in [0, 0.1) is 5.92 Å². The van der Waals surface area contributed by atoms with Gasteiger partial charge in [-0.05, 0) is 59.9 Å². The highest BCUT2D eigenvalue weighted by atomic mass is 16.6. The topological polar surface area (TPSA) is 385 Å². The van der Waals surface area contributed by atoms with Crippen molar-refractivity contribution >= 4 is 47.6 Å². The summed E-state index contributed by atoms with van der Waals surface area (Å²) < 4.78 is 10.7. The van der Waals surface area contributed by atoms with Gasteiger partial charge in [-0.2, -0.15) is 9.59 Å². The van der Waals surface area contributed by atoms with E-state index in [4.69, 9.17) is 35.6 Å². The van der Waals surface area contributed by atoms with Gasteiger partial charge in [-0.1, -0.05) is 0 Å². The number of carboxylic acids is 2. The fourth-order valence-corrected chi connectivity index (χ4v) is 4.90. The van der Waals surface area contributed by atoms with Gasteiger partial charge in [0, 0.05) is 13.0 Å². The Labute approximate surface area is 310 Å². The van der Waals surface area contributed by atoms with E-state index in [0.29, 0.717) is 19.4 Å². The Morgan fingerprint density at radius 1 is 0.741 bits per heavy atom. The fraction of sp³-hybridized carbons (Fsp3) is 0.742. The number of aliphatic hydroxyl groups is 3. The van der Waals surface area contributed by atoms with Gasteiger partial charge in [0.1, 0.15) is 48.5 Å². The lowest BCUT2D eigenvalue weighted by atomic mass is 9.90. The number of nitrogens with two attached hydrogens (primary N) is 2. The monoisotopic (exact) mass is 779 g/mol. The molecule has 54 heavy (non-hydrogen) atoms. The molecule has 0 aromatic carbocycles. The highest BCUT2D eigenvalue weighted by Crippen LogP contribution is 2.27. The highest BCUT2D eigenvalue weighted by Gasteiger charge is 2.45. The first-order chi connectivity index (χ1) is 25.3. The molecule has 1 heterocycles. The zero-order valence-corrected chi connectivity index (χ0v) is 30.4. The average Bonchev–Trinajstić information content (AvgIpc) is 3.10. The molecule has 0 aromatic rings. The molecule has 1 aliphatic heterocycles. The summed E-state index contributed by atoms with van der Waals surface area (Å²) in [5, 5.41) is 60.4. The van der Waals surface area contributed by atoms with E-state index in [2.05, 4.69) is 26.6 Å². The summed E-state index contributed by atoms with van der Waals surface area (Å²) in [4.78, 5) is 103. The second-order valence-corrected chi connectivity index (χ2v) is 12.3. The summed E-state index contributed by atoms with van der Waals surface area (Å²) in [6.07, 6.45) is -6.24. The Morgan fingerprint density at radius 3 is 1.78 bits per heavy atom. The summed E-state index contributed by atoms with van der Waals surface area (Å²) in [5.41, 5.74) is 11.2. The van der Waals surface area contributed by atoms with Crippen molar-refractivity contribution < 1.29 is 78.2 Å². The predicted octanol–water partition coefficient (Wildman–Crippen LogP) is -5.62. The Balaban J connectivity index is 0.00000903. The lowest BCUT2D eigenvalue weighted by molar-refractivity contribution is -0.280. The third kappa shape index (κ3) is 17.0. The molecule has 0 saturated carbocycles. The second kappa shape index (κ2) is 25.4. The van der Waals surface area contributed by atoms with E-state index in [9.17, 15) is 54.0 Å². The summed E-state index contributed by atoms with van der Waals surface area (Å²) in [7, 11) is 0. The summed E-state index contributed by atoms with van der Waals surface area (Å²) >= 11 is 0. The summed E-state index contributed by atoms with van der Waals surface area (Å²) in [6, 6.07) is -6.39. The second-order valence-electron chi connectivity index (χ2n) is 12.3. The zero-order chi connectivity index (χ0) is 41.7. The maximum Gasteiger partial charge on any atom is 0.373 e. The molecule has 0 spiro atoms. The molecule has 1 aliphatic rings. The smallest absolute Gasteiger partial charge is 0.373 e. The lowest BCUT2D eigenvalue weighted by Crippen LogP contribution is -2.60. The van der Waals surface area contributed by atoms with Gasteiger partial charge in [0.2, 0.25) is 29.5 Å². The minimum atomic E-state index is -1.58. The first-order valence-electron chi connectivity index (χ1n) is 16.9. The maximum absolute atomic E-state index is 12.9. The SMILES string of the molecule is C[C@H](NC(=O)[C@@H](C)O[C@H]1C(O)C(CO)OC(O)[C@H]1CN)C(=O)N[C@H](CCC(=O)N[C@@H](CCCCN)C(=O)N[C@H](C)C(=O)N[C@H](C)C(=O)O)C(=O)O.O=C=O. The van der Waals surface area contributed by atoms with Crippen LogP contribution in [0.2, 0.25) is 0 Å². The van der Waals surface area contributed by atoms with Crippen LogP contribution in [0.1, 0.15) is 59.8 Å². The number of ether oxygens (including phenoxy) is 2. The highest BCUT2D eigenvalue weighted by molar-refractivity contribution is 5.93. The van der Waals surface area contributed by atoms with E-state index >= 15 is 0 Å². The predicted molar refractivity (Wildman–Crippen MR) is 180 cm³/mol. The Kier molecular flexibility index (Phi) is 23.2. The van der Waals surface area contributed by atoms with Gasteiger partial charge in [0.25, 0.3) is 0 Å². The number of hydrogen-bond acceptors (Lipinski definition) is 16. The molecule has 3 unspecified atom stereocenters. The number of nitrogens with one attached hydrogen (secondary N) is 5. The van der Waals surface area contributed by atoms with Crippen molar-refractivity contribution in [2.45, 2.75) is 121 Å². The van der Waals surface area contributed by atoms with Crippen molar-refractivity contribution in [2.24, 2.45) is 17.4 Å². The molecule has 0 radical (unpaired) electrons. The third-order valence-corrected chi connectivity index (χ3v) is 8.11. The molecule has 308 valence electrons. The number of carbonyl (C=O) groups excluding carboxylic acids is 7. The van der Waals surface area contributed by atoms with Crippen LogP contribution in [-0.2, 0) is 52.6 Å². The van der Waals surface area contributed by atoms with Gasteiger partial charge in [0.05, 0.1) is 18.6 Å². The standard InChI is InChI=1S/C30H53N7O14.CO2/c1-13(24(41)35-15(3)28(45)46)34-27(44)18(7-5-6-10-31)36-21(39)9-8-19(29(47)48)37-25(42)14(2)33-26(43)16(4)50-23-17(11-32)30(49)51-20(12-38)22(23)40;2-1-3/h13-20,22-23,30,38,40,49H,5-12,31-32H2,1-4H3,(H,33,43)(H,34,44)(H,35,41)(H,36,39)(H,37,42)(H,45,46)(H,47,48);/t13-,14+,15-,16-,17+,18+,19-,20?,22?,23-,30?;/m1./s1. The van der Waals surface area contributed by atoms with Crippen molar-refractivity contribution in [3.8, 4) is 0 Å². The number of rotatable bonds is 22. The Morgan fingerprint density at radius 2 is 1.28 bits per heavy atom. The molecular formula is C31H53N7O16. The van der Waals surface area contributed by atoms with Crippen molar-refractivity contribution in [3.63, 3.8) is 0 Å². The van der Waals surface area contributed by atoms with Crippen LogP contribution in [0.25, 0.3) is 0 Å². The number of carbonyl (C=O) groups is 7. The molecular weight excluding hydrogens is 726 g/mol. The molecule has 0 bridgehead atoms. The first-order valence-corrected chi connectivity index (χ1v) is 16.9. The molecule has 1 fully saturated rings. The van der Waals surface area contributed by atoms with Crippen molar-refractivity contribution in [1.29, 1.82) is 0 Å². The van der Waals surface area contributed by atoms with E-state index in [0.717, 1.165) is 0 Å².